The average Bonchev–Trinajstić information content (AvgIpc) is 1.79. The Morgan fingerprint density at radius 2 is 1.58 bits per heavy atom. The number of hydrogen-bond donors (Lipinski definition) is 0. The summed E-state index contributed by atoms with van der Waals surface area (Å²) in [6.07, 6.45) is 0. The molecule has 0 saturated carbocycles. The molecule has 0 aliphatic carbocycles. The molecule has 1 aliphatic heterocycles. The van der Waals surface area contributed by atoms with Gasteiger partial charge in [0.25, 0.3) is 5.92 Å². The highest BCUT2D eigenvalue weighted by Gasteiger charge is 2.61. The monoisotopic (exact) mass is 178 g/mol. The molecule has 72 valence electrons. The van der Waals surface area contributed by atoms with Gasteiger partial charge in [-0.25, -0.2) is 8.78 Å². The minimum Gasteiger partial charge on any atom is -0.380 e. The van der Waals surface area contributed by atoms with Crippen LogP contribution in [0.2, 0.25) is 0 Å². The molecule has 1 rings (SSSR count). The molecule has 1 saturated heterocycles. The predicted octanol–water partition coefficient (Wildman–Crippen LogP) is 2.70. The minimum absolute atomic E-state index is 0.178. The minimum atomic E-state index is -2.65. The molecular weight excluding hydrogens is 162 g/mol. The molecule has 0 atom stereocenters. The Balaban J connectivity index is 2.84. The van der Waals surface area contributed by atoms with Gasteiger partial charge in [0.05, 0.1) is 18.6 Å². The highest BCUT2D eigenvalue weighted by Crippen LogP contribution is 2.52. The van der Waals surface area contributed by atoms with Crippen molar-refractivity contribution in [1.29, 1.82) is 0 Å². The van der Waals surface area contributed by atoms with Crippen LogP contribution in [-0.2, 0) is 4.74 Å². The van der Waals surface area contributed by atoms with Crippen LogP contribution in [0.1, 0.15) is 27.7 Å². The Labute approximate surface area is 72.1 Å². The summed E-state index contributed by atoms with van der Waals surface area (Å²) in [6.45, 7) is 6.64. The van der Waals surface area contributed by atoms with Crippen molar-refractivity contribution >= 4 is 0 Å². The largest absolute Gasteiger partial charge is 0.380 e. The predicted molar refractivity (Wildman–Crippen MR) is 43.3 cm³/mol. The van der Waals surface area contributed by atoms with Gasteiger partial charge in [-0.05, 0) is 6.92 Å². The Hall–Kier alpha value is -0.180. The van der Waals surface area contributed by atoms with Crippen molar-refractivity contribution in [3.63, 3.8) is 0 Å². The maximum absolute atomic E-state index is 13.7. The summed E-state index contributed by atoms with van der Waals surface area (Å²) in [4.78, 5) is 0. The topological polar surface area (TPSA) is 9.23 Å². The number of hydrogen-bond acceptors (Lipinski definition) is 1. The number of alkyl halides is 2. The maximum Gasteiger partial charge on any atom is 0.262 e. The first-order valence-electron chi connectivity index (χ1n) is 4.16. The van der Waals surface area contributed by atoms with E-state index in [9.17, 15) is 8.78 Å². The lowest BCUT2D eigenvalue weighted by Gasteiger charge is -2.49. The zero-order valence-corrected chi connectivity index (χ0v) is 8.08. The molecule has 0 N–H and O–H groups in total. The Morgan fingerprint density at radius 1 is 1.17 bits per heavy atom. The lowest BCUT2D eigenvalue weighted by molar-refractivity contribution is -0.272. The summed E-state index contributed by atoms with van der Waals surface area (Å²) in [5, 5.41) is 0. The first-order chi connectivity index (χ1) is 5.21. The van der Waals surface area contributed by atoms with Crippen LogP contribution >= 0.6 is 0 Å². The summed E-state index contributed by atoms with van der Waals surface area (Å²) < 4.78 is 32.2. The van der Waals surface area contributed by atoms with E-state index in [1.54, 1.807) is 27.7 Å². The van der Waals surface area contributed by atoms with E-state index in [2.05, 4.69) is 0 Å². The van der Waals surface area contributed by atoms with Gasteiger partial charge in [0.1, 0.15) is 0 Å². The van der Waals surface area contributed by atoms with Gasteiger partial charge in [0.2, 0.25) is 0 Å². The fourth-order valence-electron chi connectivity index (χ4n) is 1.49. The fourth-order valence-corrected chi connectivity index (χ4v) is 1.49. The molecule has 3 heteroatoms. The van der Waals surface area contributed by atoms with Gasteiger partial charge >= 0.3 is 0 Å². The number of ether oxygens (including phenoxy) is 1. The van der Waals surface area contributed by atoms with Gasteiger partial charge in [-0.3, -0.25) is 0 Å². The van der Waals surface area contributed by atoms with Crippen LogP contribution in [0.4, 0.5) is 8.78 Å². The molecule has 1 aliphatic rings. The van der Waals surface area contributed by atoms with Crippen molar-refractivity contribution in [1.82, 2.24) is 0 Å². The van der Waals surface area contributed by atoms with E-state index in [4.69, 9.17) is 4.74 Å². The quantitative estimate of drug-likeness (QED) is 0.600. The Bertz CT molecular complexity index is 177. The third-order valence-electron chi connectivity index (χ3n) is 2.54. The summed E-state index contributed by atoms with van der Waals surface area (Å²) in [6, 6.07) is 0. The van der Waals surface area contributed by atoms with Crippen molar-refractivity contribution in [2.45, 2.75) is 33.6 Å². The lowest BCUT2D eigenvalue weighted by atomic mass is 9.69. The molecule has 0 radical (unpaired) electrons. The summed E-state index contributed by atoms with van der Waals surface area (Å²) >= 11 is 0. The second kappa shape index (κ2) is 2.41. The van der Waals surface area contributed by atoms with Crippen molar-refractivity contribution in [2.24, 2.45) is 10.8 Å². The SMILES string of the molecule is CC(C)(C)C(F)(F)C1(C)COC1. The molecule has 0 unspecified atom stereocenters. The molecule has 0 bridgehead atoms. The van der Waals surface area contributed by atoms with E-state index >= 15 is 0 Å². The molecule has 1 nitrogen and oxygen atoms in total. The van der Waals surface area contributed by atoms with Gasteiger partial charge in [-0.15, -0.1) is 0 Å². The molecular formula is C9H16F2O. The smallest absolute Gasteiger partial charge is 0.262 e. The highest BCUT2D eigenvalue weighted by atomic mass is 19.3. The van der Waals surface area contributed by atoms with E-state index in [1.165, 1.54) is 0 Å². The van der Waals surface area contributed by atoms with Crippen LogP contribution in [0.3, 0.4) is 0 Å². The summed E-state index contributed by atoms with van der Waals surface area (Å²) in [7, 11) is 0. The van der Waals surface area contributed by atoms with Crippen molar-refractivity contribution in [3.8, 4) is 0 Å². The molecule has 0 aromatic rings. The fraction of sp³-hybridized carbons (Fsp3) is 1.00. The highest BCUT2D eigenvalue weighted by molar-refractivity contribution is 5.00. The standard InChI is InChI=1S/C9H16F2O/c1-7(2,3)9(10,11)8(4)5-12-6-8/h5-6H2,1-4H3. The van der Waals surface area contributed by atoms with E-state index in [0.29, 0.717) is 0 Å². The average molecular weight is 178 g/mol. The first-order valence-corrected chi connectivity index (χ1v) is 4.16. The van der Waals surface area contributed by atoms with Crippen molar-refractivity contribution < 1.29 is 13.5 Å². The molecule has 1 fully saturated rings. The Morgan fingerprint density at radius 3 is 1.67 bits per heavy atom. The van der Waals surface area contributed by atoms with Gasteiger partial charge in [-0.1, -0.05) is 20.8 Å². The van der Waals surface area contributed by atoms with Crippen LogP contribution in [0.25, 0.3) is 0 Å². The van der Waals surface area contributed by atoms with Crippen LogP contribution < -0.4 is 0 Å². The van der Waals surface area contributed by atoms with E-state index in [1.807, 2.05) is 0 Å². The van der Waals surface area contributed by atoms with Crippen LogP contribution in [0.5, 0.6) is 0 Å². The maximum atomic E-state index is 13.7. The van der Waals surface area contributed by atoms with Gasteiger partial charge < -0.3 is 4.74 Å². The zero-order chi connectivity index (χ0) is 9.62. The van der Waals surface area contributed by atoms with E-state index < -0.39 is 16.8 Å². The third-order valence-corrected chi connectivity index (χ3v) is 2.54. The van der Waals surface area contributed by atoms with Gasteiger partial charge in [0.15, 0.2) is 0 Å². The molecule has 0 aromatic heterocycles. The van der Waals surface area contributed by atoms with E-state index in [0.717, 1.165) is 0 Å². The van der Waals surface area contributed by atoms with Crippen LogP contribution in [-0.4, -0.2) is 19.1 Å². The van der Waals surface area contributed by atoms with E-state index in [-0.39, 0.29) is 13.2 Å². The molecule has 12 heavy (non-hydrogen) atoms. The van der Waals surface area contributed by atoms with Gasteiger partial charge in [-0.2, -0.15) is 0 Å². The Kier molecular flexibility index (Phi) is 1.99. The van der Waals surface area contributed by atoms with Gasteiger partial charge in [0, 0.05) is 5.41 Å². The van der Waals surface area contributed by atoms with Crippen molar-refractivity contribution in [3.05, 3.63) is 0 Å². The third kappa shape index (κ3) is 1.15. The lowest BCUT2D eigenvalue weighted by Crippen LogP contribution is -2.58. The first kappa shape index (κ1) is 9.90. The molecule has 0 amide bonds. The van der Waals surface area contributed by atoms with Crippen LogP contribution in [0.15, 0.2) is 0 Å². The second-order valence-corrected chi connectivity index (χ2v) is 4.88. The zero-order valence-electron chi connectivity index (χ0n) is 8.08. The summed E-state index contributed by atoms with van der Waals surface area (Å²) in [5.41, 5.74) is -1.93. The molecule has 1 heterocycles. The normalized spacial score (nSPS) is 23.5. The van der Waals surface area contributed by atoms with Crippen LogP contribution in [0, 0.1) is 10.8 Å². The molecule has 0 aromatic carbocycles. The molecule has 0 spiro atoms. The number of halogens is 2. The van der Waals surface area contributed by atoms with Crippen molar-refractivity contribution in [2.75, 3.05) is 13.2 Å². The summed E-state index contributed by atoms with van der Waals surface area (Å²) in [5.74, 6) is -2.65. The number of rotatable bonds is 1. The second-order valence-electron chi connectivity index (χ2n) is 4.88.